The average Bonchev–Trinajstić information content (AvgIpc) is 2.47. The number of β-amino-alcohol motifs (C(OH)–C–C–N with tert-alkyl or cyclic N) is 1. The zero-order valence-corrected chi connectivity index (χ0v) is 15.1. The summed E-state index contributed by atoms with van der Waals surface area (Å²) in [6, 6.07) is 0. The van der Waals surface area contributed by atoms with Crippen LogP contribution in [-0.4, -0.2) is 48.5 Å². The molecule has 2 fully saturated rings. The summed E-state index contributed by atoms with van der Waals surface area (Å²) in [6.45, 7) is 12.8. The third kappa shape index (κ3) is 5.50. The predicted molar refractivity (Wildman–Crippen MR) is 91.9 cm³/mol. The first-order valence-electron chi connectivity index (χ1n) is 9.47. The van der Waals surface area contributed by atoms with Gasteiger partial charge in [0.25, 0.3) is 0 Å². The van der Waals surface area contributed by atoms with Gasteiger partial charge >= 0.3 is 0 Å². The first kappa shape index (κ1) is 18.2. The fraction of sp³-hybridized carbons (Fsp3) is 1.00. The predicted octanol–water partition coefficient (Wildman–Crippen LogP) is 3.56. The van der Waals surface area contributed by atoms with E-state index in [1.54, 1.807) is 0 Å². The second-order valence-electron chi connectivity index (χ2n) is 8.33. The molecule has 0 unspecified atom stereocenters. The van der Waals surface area contributed by atoms with Crippen molar-refractivity contribution in [2.75, 3.05) is 26.2 Å². The molecule has 0 amide bonds. The maximum atomic E-state index is 10.3. The topological polar surface area (TPSA) is 32.7 Å². The first-order valence-corrected chi connectivity index (χ1v) is 9.47. The first-order chi connectivity index (χ1) is 10.5. The summed E-state index contributed by atoms with van der Waals surface area (Å²) in [7, 11) is 0. The van der Waals surface area contributed by atoms with Gasteiger partial charge in [0.1, 0.15) is 0 Å². The minimum Gasteiger partial charge on any atom is -0.389 e. The Labute approximate surface area is 137 Å². The van der Waals surface area contributed by atoms with Crippen LogP contribution in [0.2, 0.25) is 0 Å². The minimum atomic E-state index is -0.335. The highest BCUT2D eigenvalue weighted by molar-refractivity contribution is 4.82. The van der Waals surface area contributed by atoms with E-state index in [2.05, 4.69) is 32.6 Å². The van der Waals surface area contributed by atoms with Crippen LogP contribution < -0.4 is 0 Å². The van der Waals surface area contributed by atoms with Gasteiger partial charge in [0, 0.05) is 6.54 Å². The molecule has 0 bridgehead atoms. The lowest BCUT2D eigenvalue weighted by Gasteiger charge is -2.38. The van der Waals surface area contributed by atoms with Crippen LogP contribution >= 0.6 is 0 Å². The van der Waals surface area contributed by atoms with Crippen LogP contribution in [0.25, 0.3) is 0 Å². The highest BCUT2D eigenvalue weighted by atomic mass is 16.5. The molecule has 2 aliphatic rings. The van der Waals surface area contributed by atoms with Gasteiger partial charge in [-0.1, -0.05) is 34.1 Å². The monoisotopic (exact) mass is 311 g/mol. The molecule has 1 saturated heterocycles. The van der Waals surface area contributed by atoms with E-state index < -0.39 is 0 Å². The fourth-order valence-electron chi connectivity index (χ4n) is 4.14. The Morgan fingerprint density at radius 1 is 1.05 bits per heavy atom. The molecule has 1 saturated carbocycles. The lowest BCUT2D eigenvalue weighted by Crippen LogP contribution is -2.41. The van der Waals surface area contributed by atoms with E-state index in [1.807, 2.05) is 0 Å². The molecule has 0 spiro atoms. The van der Waals surface area contributed by atoms with Crippen LogP contribution in [0, 0.1) is 23.7 Å². The van der Waals surface area contributed by atoms with Crippen molar-refractivity contribution in [1.82, 2.24) is 4.90 Å². The van der Waals surface area contributed by atoms with Gasteiger partial charge in [-0.05, 0) is 62.4 Å². The highest BCUT2D eigenvalue weighted by Crippen LogP contribution is 2.35. The SMILES string of the molecule is CC1CCN(C[C@H](O)CO[C@@H]2C[C@H](C)CC[C@H]2C(C)C)CC1. The van der Waals surface area contributed by atoms with Crippen LogP contribution in [0.5, 0.6) is 0 Å². The second-order valence-corrected chi connectivity index (χ2v) is 8.33. The second kappa shape index (κ2) is 8.65. The number of aliphatic hydroxyl groups is 1. The molecule has 3 nitrogen and oxygen atoms in total. The van der Waals surface area contributed by atoms with Crippen molar-refractivity contribution < 1.29 is 9.84 Å². The van der Waals surface area contributed by atoms with E-state index in [1.165, 1.54) is 25.7 Å². The van der Waals surface area contributed by atoms with Gasteiger partial charge in [0.2, 0.25) is 0 Å². The molecule has 0 radical (unpaired) electrons. The summed E-state index contributed by atoms with van der Waals surface area (Å²) < 4.78 is 6.18. The van der Waals surface area contributed by atoms with Gasteiger partial charge < -0.3 is 14.7 Å². The molecule has 1 aliphatic heterocycles. The third-order valence-corrected chi connectivity index (χ3v) is 5.81. The number of aliphatic hydroxyl groups excluding tert-OH is 1. The molecule has 4 atom stereocenters. The van der Waals surface area contributed by atoms with Crippen molar-refractivity contribution >= 4 is 0 Å². The van der Waals surface area contributed by atoms with E-state index in [0.717, 1.165) is 37.9 Å². The van der Waals surface area contributed by atoms with Gasteiger partial charge in [-0.25, -0.2) is 0 Å². The quantitative estimate of drug-likeness (QED) is 0.814. The molecule has 0 aromatic rings. The van der Waals surface area contributed by atoms with E-state index in [0.29, 0.717) is 24.5 Å². The van der Waals surface area contributed by atoms with Crippen molar-refractivity contribution in [3.63, 3.8) is 0 Å². The van der Waals surface area contributed by atoms with Crippen molar-refractivity contribution in [3.05, 3.63) is 0 Å². The molecular formula is C19H37NO2. The van der Waals surface area contributed by atoms with Gasteiger partial charge in [-0.2, -0.15) is 0 Å². The summed E-state index contributed by atoms with van der Waals surface area (Å²) in [6.07, 6.45) is 6.32. The van der Waals surface area contributed by atoms with E-state index in [4.69, 9.17) is 4.74 Å². The molecular weight excluding hydrogens is 274 g/mol. The number of likely N-dealkylation sites (tertiary alicyclic amines) is 1. The Balaban J connectivity index is 1.73. The molecule has 3 heteroatoms. The summed E-state index contributed by atoms with van der Waals surface area (Å²) in [5.74, 6) is 2.96. The zero-order chi connectivity index (χ0) is 16.1. The van der Waals surface area contributed by atoms with Crippen LogP contribution in [0.15, 0.2) is 0 Å². The smallest absolute Gasteiger partial charge is 0.0900 e. The molecule has 2 rings (SSSR count). The minimum absolute atomic E-state index is 0.335. The van der Waals surface area contributed by atoms with Crippen LogP contribution in [0.3, 0.4) is 0 Å². The van der Waals surface area contributed by atoms with Crippen LogP contribution in [0.4, 0.5) is 0 Å². The molecule has 0 aromatic carbocycles. The molecule has 0 aromatic heterocycles. The Kier molecular flexibility index (Phi) is 7.17. The zero-order valence-electron chi connectivity index (χ0n) is 15.1. The Hall–Kier alpha value is -0.120. The van der Waals surface area contributed by atoms with E-state index >= 15 is 0 Å². The largest absolute Gasteiger partial charge is 0.389 e. The van der Waals surface area contributed by atoms with Crippen LogP contribution in [-0.2, 0) is 4.74 Å². The van der Waals surface area contributed by atoms with Gasteiger partial charge in [-0.15, -0.1) is 0 Å². The molecule has 22 heavy (non-hydrogen) atoms. The Morgan fingerprint density at radius 2 is 1.73 bits per heavy atom. The molecule has 1 heterocycles. The van der Waals surface area contributed by atoms with Gasteiger partial charge in [0.15, 0.2) is 0 Å². The van der Waals surface area contributed by atoms with Crippen molar-refractivity contribution in [1.29, 1.82) is 0 Å². The molecule has 1 aliphatic carbocycles. The fourth-order valence-corrected chi connectivity index (χ4v) is 4.14. The number of hydrogen-bond acceptors (Lipinski definition) is 3. The highest BCUT2D eigenvalue weighted by Gasteiger charge is 2.31. The number of rotatable bonds is 6. The lowest BCUT2D eigenvalue weighted by atomic mass is 9.75. The normalized spacial score (nSPS) is 33.3. The number of piperidine rings is 1. The summed E-state index contributed by atoms with van der Waals surface area (Å²) in [5, 5.41) is 10.3. The number of nitrogens with zero attached hydrogens (tertiary/aromatic N) is 1. The number of ether oxygens (including phenoxy) is 1. The van der Waals surface area contributed by atoms with Crippen molar-refractivity contribution in [2.24, 2.45) is 23.7 Å². The Bertz CT molecular complexity index is 313. The maximum absolute atomic E-state index is 10.3. The van der Waals surface area contributed by atoms with Crippen molar-refractivity contribution in [2.45, 2.75) is 72.0 Å². The molecule has 1 N–H and O–H groups in total. The number of hydrogen-bond donors (Lipinski definition) is 1. The standard InChI is InChI=1S/C19H37NO2/c1-14(2)18-6-5-16(4)11-19(18)22-13-17(21)12-20-9-7-15(3)8-10-20/h14-19,21H,5-13H2,1-4H3/t16-,17+,18+,19-/m1/s1. The molecule has 130 valence electrons. The maximum Gasteiger partial charge on any atom is 0.0900 e. The summed E-state index contributed by atoms with van der Waals surface area (Å²) in [5.41, 5.74) is 0. The summed E-state index contributed by atoms with van der Waals surface area (Å²) >= 11 is 0. The van der Waals surface area contributed by atoms with Crippen molar-refractivity contribution in [3.8, 4) is 0 Å². The van der Waals surface area contributed by atoms with E-state index in [9.17, 15) is 5.11 Å². The third-order valence-electron chi connectivity index (χ3n) is 5.81. The Morgan fingerprint density at radius 3 is 2.36 bits per heavy atom. The van der Waals surface area contributed by atoms with Gasteiger partial charge in [0.05, 0.1) is 18.8 Å². The van der Waals surface area contributed by atoms with E-state index in [-0.39, 0.29) is 6.10 Å². The van der Waals surface area contributed by atoms with Crippen LogP contribution in [0.1, 0.15) is 59.8 Å². The summed E-state index contributed by atoms with van der Waals surface area (Å²) in [4.78, 5) is 2.40. The van der Waals surface area contributed by atoms with Gasteiger partial charge in [-0.3, -0.25) is 0 Å². The lowest BCUT2D eigenvalue weighted by molar-refractivity contribution is -0.0749. The average molecular weight is 312 g/mol.